The zero-order valence-electron chi connectivity index (χ0n) is 12.3. The van der Waals surface area contributed by atoms with Crippen LogP contribution in [0.15, 0.2) is 0 Å². The third kappa shape index (κ3) is 9.66. The van der Waals surface area contributed by atoms with Gasteiger partial charge in [0.25, 0.3) is 0 Å². The van der Waals surface area contributed by atoms with Gasteiger partial charge in [-0.3, -0.25) is 0 Å². The molecule has 0 rings (SSSR count). The summed E-state index contributed by atoms with van der Waals surface area (Å²) in [5.74, 6) is 0. The summed E-state index contributed by atoms with van der Waals surface area (Å²) in [5.41, 5.74) is 0. The van der Waals surface area contributed by atoms with Crippen molar-refractivity contribution >= 4 is 17.3 Å². The maximum absolute atomic E-state index is 5.45. The minimum absolute atomic E-state index is 0.795. The fourth-order valence-electron chi connectivity index (χ4n) is 1.64. The molecule has 0 spiro atoms. The van der Waals surface area contributed by atoms with Crippen LogP contribution in [0.25, 0.3) is 0 Å². The maximum atomic E-state index is 5.45. The number of ether oxygens (including phenoxy) is 1. The number of nitrogens with zero attached hydrogens (tertiary/aromatic N) is 1. The lowest BCUT2D eigenvalue weighted by molar-refractivity contribution is 0.145. The van der Waals surface area contributed by atoms with Crippen LogP contribution >= 0.6 is 12.2 Å². The van der Waals surface area contributed by atoms with Gasteiger partial charge in [-0.05, 0) is 38.4 Å². The van der Waals surface area contributed by atoms with Gasteiger partial charge in [-0.1, -0.05) is 26.7 Å². The van der Waals surface area contributed by atoms with E-state index in [0.717, 1.165) is 44.4 Å². The monoisotopic (exact) mass is 274 g/mol. The summed E-state index contributed by atoms with van der Waals surface area (Å²) in [5, 5.41) is 4.25. The minimum atomic E-state index is 0.795. The molecule has 0 amide bonds. The second-order valence-corrected chi connectivity index (χ2v) is 4.86. The molecule has 0 fully saturated rings. The van der Waals surface area contributed by atoms with Crippen LogP contribution in [0.4, 0.5) is 0 Å². The first kappa shape index (κ1) is 17.6. The van der Waals surface area contributed by atoms with E-state index >= 15 is 0 Å². The molecular formula is C14H30N2OS. The molecule has 0 unspecified atom stereocenters. The molecule has 18 heavy (non-hydrogen) atoms. The molecule has 0 bridgehead atoms. The van der Waals surface area contributed by atoms with Crippen LogP contribution in [-0.2, 0) is 4.74 Å². The number of hydrogen-bond donors (Lipinski definition) is 1. The Labute approximate surface area is 118 Å². The summed E-state index contributed by atoms with van der Waals surface area (Å²) in [7, 11) is 0. The van der Waals surface area contributed by atoms with Crippen LogP contribution in [0, 0.1) is 0 Å². The van der Waals surface area contributed by atoms with Gasteiger partial charge in [0.05, 0.1) is 0 Å². The van der Waals surface area contributed by atoms with E-state index in [1.165, 1.54) is 25.7 Å². The quantitative estimate of drug-likeness (QED) is 0.462. The highest BCUT2D eigenvalue weighted by Gasteiger charge is 2.07. The number of unbranched alkanes of at least 4 members (excludes halogenated alkanes) is 2. The summed E-state index contributed by atoms with van der Waals surface area (Å²) < 4.78 is 5.31. The first-order valence-corrected chi connectivity index (χ1v) is 7.77. The van der Waals surface area contributed by atoms with Crippen LogP contribution in [0.2, 0.25) is 0 Å². The molecule has 1 N–H and O–H groups in total. The van der Waals surface area contributed by atoms with Crippen molar-refractivity contribution in [2.75, 3.05) is 32.8 Å². The molecule has 0 atom stereocenters. The van der Waals surface area contributed by atoms with Crippen LogP contribution in [0.5, 0.6) is 0 Å². The smallest absolute Gasteiger partial charge is 0.168 e. The van der Waals surface area contributed by atoms with Crippen LogP contribution < -0.4 is 5.32 Å². The summed E-state index contributed by atoms with van der Waals surface area (Å²) in [6.45, 7) is 11.1. The van der Waals surface area contributed by atoms with Crippen LogP contribution in [0.1, 0.15) is 52.9 Å². The maximum Gasteiger partial charge on any atom is 0.168 e. The molecule has 0 aliphatic heterocycles. The lowest BCUT2D eigenvalue weighted by Crippen LogP contribution is -2.41. The van der Waals surface area contributed by atoms with E-state index < -0.39 is 0 Å². The standard InChI is InChI=1S/C14H30N2OS/c1-4-7-11-16(12-8-5-2)14(18)15-10-9-13-17-6-3/h4-13H2,1-3H3,(H,15,18). The third-order valence-electron chi connectivity index (χ3n) is 2.80. The van der Waals surface area contributed by atoms with E-state index in [-0.39, 0.29) is 0 Å². The van der Waals surface area contributed by atoms with E-state index in [4.69, 9.17) is 17.0 Å². The Kier molecular flexibility index (Phi) is 12.8. The van der Waals surface area contributed by atoms with E-state index in [2.05, 4.69) is 24.1 Å². The first-order chi connectivity index (χ1) is 8.76. The van der Waals surface area contributed by atoms with E-state index in [0.29, 0.717) is 0 Å². The van der Waals surface area contributed by atoms with Crippen LogP contribution in [-0.4, -0.2) is 42.9 Å². The predicted molar refractivity (Wildman–Crippen MR) is 83.1 cm³/mol. The Balaban J connectivity index is 3.80. The van der Waals surface area contributed by atoms with Gasteiger partial charge in [-0.2, -0.15) is 0 Å². The van der Waals surface area contributed by atoms with E-state index in [1.54, 1.807) is 0 Å². The van der Waals surface area contributed by atoms with Crippen molar-refractivity contribution in [3.63, 3.8) is 0 Å². The Morgan fingerprint density at radius 1 is 1.06 bits per heavy atom. The fourth-order valence-corrected chi connectivity index (χ4v) is 1.92. The van der Waals surface area contributed by atoms with Gasteiger partial charge < -0.3 is 15.0 Å². The molecule has 108 valence electrons. The largest absolute Gasteiger partial charge is 0.382 e. The van der Waals surface area contributed by atoms with Gasteiger partial charge in [0, 0.05) is 32.8 Å². The van der Waals surface area contributed by atoms with Crippen molar-refractivity contribution in [1.29, 1.82) is 0 Å². The molecule has 0 heterocycles. The highest BCUT2D eigenvalue weighted by Crippen LogP contribution is 2.00. The van der Waals surface area contributed by atoms with E-state index in [9.17, 15) is 0 Å². The lowest BCUT2D eigenvalue weighted by Gasteiger charge is -2.25. The van der Waals surface area contributed by atoms with Crippen molar-refractivity contribution in [2.45, 2.75) is 52.9 Å². The molecule has 0 aromatic carbocycles. The van der Waals surface area contributed by atoms with Gasteiger partial charge in [-0.25, -0.2) is 0 Å². The number of thiocarbonyl (C=S) groups is 1. The Hall–Kier alpha value is -0.350. The molecule has 0 radical (unpaired) electrons. The summed E-state index contributed by atoms with van der Waals surface area (Å²) in [6.07, 6.45) is 5.88. The van der Waals surface area contributed by atoms with Crippen molar-refractivity contribution in [1.82, 2.24) is 10.2 Å². The number of rotatable bonds is 11. The van der Waals surface area contributed by atoms with Gasteiger partial charge in [0.1, 0.15) is 0 Å². The third-order valence-corrected chi connectivity index (χ3v) is 3.20. The molecule has 0 aromatic heterocycles. The molecule has 0 saturated carbocycles. The zero-order valence-corrected chi connectivity index (χ0v) is 13.2. The second-order valence-electron chi connectivity index (χ2n) is 4.48. The number of nitrogens with one attached hydrogen (secondary N) is 1. The zero-order chi connectivity index (χ0) is 13.6. The molecule has 0 aromatic rings. The molecule has 3 nitrogen and oxygen atoms in total. The Morgan fingerprint density at radius 2 is 1.67 bits per heavy atom. The first-order valence-electron chi connectivity index (χ1n) is 7.36. The molecular weight excluding hydrogens is 244 g/mol. The van der Waals surface area contributed by atoms with Gasteiger partial charge in [-0.15, -0.1) is 0 Å². The summed E-state index contributed by atoms with van der Waals surface area (Å²) in [4.78, 5) is 2.31. The van der Waals surface area contributed by atoms with Crippen LogP contribution in [0.3, 0.4) is 0 Å². The minimum Gasteiger partial charge on any atom is -0.382 e. The summed E-state index contributed by atoms with van der Waals surface area (Å²) in [6, 6.07) is 0. The number of hydrogen-bond acceptors (Lipinski definition) is 2. The Bertz CT molecular complexity index is 192. The van der Waals surface area contributed by atoms with Gasteiger partial charge in [0.2, 0.25) is 0 Å². The molecule has 0 aliphatic rings. The highest BCUT2D eigenvalue weighted by molar-refractivity contribution is 7.80. The topological polar surface area (TPSA) is 24.5 Å². The lowest BCUT2D eigenvalue weighted by atomic mass is 10.3. The normalized spacial score (nSPS) is 10.4. The molecule has 0 saturated heterocycles. The summed E-state index contributed by atoms with van der Waals surface area (Å²) >= 11 is 5.45. The van der Waals surface area contributed by atoms with Crippen molar-refractivity contribution in [3.05, 3.63) is 0 Å². The fraction of sp³-hybridized carbons (Fsp3) is 0.929. The second kappa shape index (κ2) is 13.1. The van der Waals surface area contributed by atoms with Gasteiger partial charge >= 0.3 is 0 Å². The average Bonchev–Trinajstić information content (AvgIpc) is 2.38. The van der Waals surface area contributed by atoms with Crippen molar-refractivity contribution in [3.8, 4) is 0 Å². The van der Waals surface area contributed by atoms with Crippen molar-refractivity contribution in [2.24, 2.45) is 0 Å². The predicted octanol–water partition coefficient (Wildman–Crippen LogP) is 3.19. The molecule has 4 heteroatoms. The highest BCUT2D eigenvalue weighted by atomic mass is 32.1. The molecule has 0 aliphatic carbocycles. The SMILES string of the molecule is CCCCN(CCCC)C(=S)NCCCOCC. The van der Waals surface area contributed by atoms with Gasteiger partial charge in [0.15, 0.2) is 5.11 Å². The van der Waals surface area contributed by atoms with E-state index in [1.807, 2.05) is 6.92 Å². The Morgan fingerprint density at radius 3 is 2.17 bits per heavy atom. The van der Waals surface area contributed by atoms with Crippen molar-refractivity contribution < 1.29 is 4.74 Å². The average molecular weight is 274 g/mol.